The van der Waals surface area contributed by atoms with Gasteiger partial charge in [-0.05, 0) is 29.8 Å². The fourth-order valence-electron chi connectivity index (χ4n) is 2.24. The quantitative estimate of drug-likeness (QED) is 0.309. The third kappa shape index (κ3) is 5.55. The van der Waals surface area contributed by atoms with E-state index in [1.165, 1.54) is 18.3 Å². The highest BCUT2D eigenvalue weighted by Gasteiger charge is 2.11. The maximum atomic E-state index is 12.2. The molecule has 0 saturated heterocycles. The number of carboxylic acid groups (broad SMARTS) is 1. The van der Waals surface area contributed by atoms with Crippen molar-refractivity contribution >= 4 is 23.8 Å². The summed E-state index contributed by atoms with van der Waals surface area (Å²) in [6, 6.07) is 12.9. The highest BCUT2D eigenvalue weighted by atomic mass is 16.5. The van der Waals surface area contributed by atoms with Crippen molar-refractivity contribution in [3.05, 3.63) is 65.2 Å². The van der Waals surface area contributed by atoms with Gasteiger partial charge < -0.3 is 15.7 Å². The molecule has 2 rings (SSSR count). The van der Waals surface area contributed by atoms with Crippen LogP contribution in [0, 0.1) is 0 Å². The molecule has 134 valence electrons. The van der Waals surface area contributed by atoms with Crippen molar-refractivity contribution in [2.45, 2.75) is 12.8 Å². The molecule has 0 atom stereocenters. The summed E-state index contributed by atoms with van der Waals surface area (Å²) in [6.45, 7) is -0.447. The first-order valence-corrected chi connectivity index (χ1v) is 7.84. The molecule has 0 fully saturated rings. The molecule has 0 amide bonds. The van der Waals surface area contributed by atoms with Crippen LogP contribution in [0.15, 0.2) is 53.6 Å². The van der Waals surface area contributed by atoms with Gasteiger partial charge in [-0.3, -0.25) is 9.59 Å². The molecule has 0 radical (unpaired) electrons. The fraction of sp³-hybridized carbons (Fsp3) is 0.158. The van der Waals surface area contributed by atoms with E-state index in [9.17, 15) is 14.4 Å². The maximum Gasteiger partial charge on any atom is 0.341 e. The summed E-state index contributed by atoms with van der Waals surface area (Å²) < 4.78 is 5.00. The topological polar surface area (TPSA) is 119 Å². The van der Waals surface area contributed by atoms with Crippen molar-refractivity contribution in [2.75, 3.05) is 6.61 Å². The van der Waals surface area contributed by atoms with Crippen LogP contribution >= 0.6 is 0 Å². The number of hydrogen-bond donors (Lipinski definition) is 2. The zero-order valence-corrected chi connectivity index (χ0v) is 13.9. The molecular weight excluding hydrogens is 336 g/mol. The standard InChI is InChI=1S/C19H18N2O5/c20-21-11-13-1-3-14(4-2-13)17(22)9-10-18(23)15-5-7-16(8-6-15)26-12-19(24)25/h1-8,11H,9-10,12,20H2,(H,24,25). The Bertz CT molecular complexity index is 811. The van der Waals surface area contributed by atoms with E-state index in [0.717, 1.165) is 5.56 Å². The van der Waals surface area contributed by atoms with Crippen LogP contribution in [-0.2, 0) is 4.79 Å². The van der Waals surface area contributed by atoms with Gasteiger partial charge in [0.1, 0.15) is 5.75 Å². The van der Waals surface area contributed by atoms with Crippen molar-refractivity contribution in [1.29, 1.82) is 0 Å². The van der Waals surface area contributed by atoms with Gasteiger partial charge in [0.05, 0.1) is 6.21 Å². The van der Waals surface area contributed by atoms with Crippen LogP contribution in [0.3, 0.4) is 0 Å². The Kier molecular flexibility index (Phi) is 6.61. The number of benzene rings is 2. The SMILES string of the molecule is NN=Cc1ccc(C(=O)CCC(=O)c2ccc(OCC(=O)O)cc2)cc1. The number of carbonyl (C=O) groups is 3. The number of Topliss-reactive ketones (excluding diaryl/α,β-unsaturated/α-hetero) is 2. The molecule has 0 heterocycles. The number of hydrazone groups is 1. The van der Waals surface area contributed by atoms with Crippen molar-refractivity contribution in [2.24, 2.45) is 10.9 Å². The summed E-state index contributed by atoms with van der Waals surface area (Å²) in [5.41, 5.74) is 1.74. The molecule has 3 N–H and O–H groups in total. The Hall–Kier alpha value is -3.48. The average Bonchev–Trinajstić information content (AvgIpc) is 2.65. The zero-order valence-electron chi connectivity index (χ0n) is 13.9. The molecule has 2 aromatic carbocycles. The van der Waals surface area contributed by atoms with Crippen LogP contribution in [0.4, 0.5) is 0 Å². The third-order valence-corrected chi connectivity index (χ3v) is 3.57. The maximum absolute atomic E-state index is 12.2. The largest absolute Gasteiger partial charge is 0.482 e. The minimum atomic E-state index is -1.08. The van der Waals surface area contributed by atoms with Gasteiger partial charge in [0.2, 0.25) is 0 Å². The van der Waals surface area contributed by atoms with Crippen LogP contribution in [0.1, 0.15) is 39.1 Å². The molecule has 0 aromatic heterocycles. The van der Waals surface area contributed by atoms with Gasteiger partial charge in [-0.15, -0.1) is 0 Å². The molecule has 2 aromatic rings. The second-order valence-electron chi connectivity index (χ2n) is 5.45. The van der Waals surface area contributed by atoms with Gasteiger partial charge in [-0.2, -0.15) is 5.10 Å². The van der Waals surface area contributed by atoms with Gasteiger partial charge in [0.25, 0.3) is 0 Å². The van der Waals surface area contributed by atoms with Gasteiger partial charge in [0, 0.05) is 24.0 Å². The number of rotatable bonds is 9. The zero-order chi connectivity index (χ0) is 18.9. The molecule has 0 aliphatic carbocycles. The van der Waals surface area contributed by atoms with E-state index in [1.807, 2.05) is 0 Å². The second kappa shape index (κ2) is 9.12. The Balaban J connectivity index is 1.89. The first-order chi connectivity index (χ1) is 12.5. The fourth-order valence-corrected chi connectivity index (χ4v) is 2.24. The Morgan fingerprint density at radius 2 is 1.42 bits per heavy atom. The summed E-state index contributed by atoms with van der Waals surface area (Å²) in [4.78, 5) is 34.8. The third-order valence-electron chi connectivity index (χ3n) is 3.57. The second-order valence-corrected chi connectivity index (χ2v) is 5.45. The Morgan fingerprint density at radius 1 is 0.923 bits per heavy atom. The first kappa shape index (κ1) is 18.9. The molecule has 0 saturated carbocycles. The lowest BCUT2D eigenvalue weighted by atomic mass is 10.0. The van der Waals surface area contributed by atoms with Gasteiger partial charge in [0.15, 0.2) is 18.2 Å². The summed E-state index contributed by atoms with van der Waals surface area (Å²) in [5.74, 6) is 4.05. The number of hydrogen-bond acceptors (Lipinski definition) is 6. The molecule has 26 heavy (non-hydrogen) atoms. The number of nitrogens with zero attached hydrogens (tertiary/aromatic N) is 1. The number of carbonyl (C=O) groups excluding carboxylic acids is 2. The van der Waals surface area contributed by atoms with Crippen molar-refractivity contribution in [3.63, 3.8) is 0 Å². The summed E-state index contributed by atoms with van der Waals surface area (Å²) in [5, 5.41) is 12.0. The van der Waals surface area contributed by atoms with E-state index >= 15 is 0 Å². The van der Waals surface area contributed by atoms with E-state index in [1.54, 1.807) is 36.4 Å². The number of aliphatic carboxylic acids is 1. The lowest BCUT2D eigenvalue weighted by Crippen LogP contribution is -2.09. The van der Waals surface area contributed by atoms with Crippen LogP contribution in [0.2, 0.25) is 0 Å². The highest BCUT2D eigenvalue weighted by molar-refractivity contribution is 6.02. The van der Waals surface area contributed by atoms with Crippen LogP contribution in [0.25, 0.3) is 0 Å². The minimum Gasteiger partial charge on any atom is -0.482 e. The average molecular weight is 354 g/mol. The lowest BCUT2D eigenvalue weighted by molar-refractivity contribution is -0.139. The summed E-state index contributed by atoms with van der Waals surface area (Å²) >= 11 is 0. The number of carboxylic acids is 1. The summed E-state index contributed by atoms with van der Waals surface area (Å²) in [6.07, 6.45) is 1.65. The normalized spacial score (nSPS) is 10.6. The molecule has 0 aliphatic heterocycles. The molecular formula is C19H18N2O5. The van der Waals surface area contributed by atoms with E-state index in [0.29, 0.717) is 16.9 Å². The van der Waals surface area contributed by atoms with Crippen LogP contribution < -0.4 is 10.6 Å². The highest BCUT2D eigenvalue weighted by Crippen LogP contribution is 2.15. The molecule has 7 heteroatoms. The van der Waals surface area contributed by atoms with E-state index in [2.05, 4.69) is 5.10 Å². The number of ether oxygens (including phenoxy) is 1. The number of nitrogens with two attached hydrogens (primary N) is 1. The van der Waals surface area contributed by atoms with Crippen LogP contribution in [0.5, 0.6) is 5.75 Å². The van der Waals surface area contributed by atoms with Crippen molar-refractivity contribution in [1.82, 2.24) is 0 Å². The number of ketones is 2. The molecule has 0 spiro atoms. The predicted octanol–water partition coefficient (Wildman–Crippen LogP) is 2.29. The van der Waals surface area contributed by atoms with E-state index in [-0.39, 0.29) is 24.4 Å². The van der Waals surface area contributed by atoms with Crippen LogP contribution in [-0.4, -0.2) is 35.5 Å². The molecule has 0 bridgehead atoms. The molecule has 7 nitrogen and oxygen atoms in total. The molecule has 0 aliphatic rings. The smallest absolute Gasteiger partial charge is 0.341 e. The lowest BCUT2D eigenvalue weighted by Gasteiger charge is -2.05. The minimum absolute atomic E-state index is 0.0835. The summed E-state index contributed by atoms with van der Waals surface area (Å²) in [7, 11) is 0. The van der Waals surface area contributed by atoms with Gasteiger partial charge >= 0.3 is 5.97 Å². The Labute approximate surface area is 150 Å². The first-order valence-electron chi connectivity index (χ1n) is 7.84. The van der Waals surface area contributed by atoms with Gasteiger partial charge in [-0.1, -0.05) is 24.3 Å². The molecule has 0 unspecified atom stereocenters. The predicted molar refractivity (Wildman–Crippen MR) is 95.7 cm³/mol. The van der Waals surface area contributed by atoms with E-state index < -0.39 is 12.6 Å². The Morgan fingerprint density at radius 3 is 1.88 bits per heavy atom. The van der Waals surface area contributed by atoms with E-state index in [4.69, 9.17) is 15.7 Å². The van der Waals surface area contributed by atoms with Crippen molar-refractivity contribution < 1.29 is 24.2 Å². The van der Waals surface area contributed by atoms with Gasteiger partial charge in [-0.25, -0.2) is 4.79 Å². The monoisotopic (exact) mass is 354 g/mol. The van der Waals surface area contributed by atoms with Crippen molar-refractivity contribution in [3.8, 4) is 5.75 Å².